The number of carbonyl (C=O) groups excluding carboxylic acids is 1. The minimum atomic E-state index is 0.188. The molecule has 0 radical (unpaired) electrons. The van der Waals surface area contributed by atoms with Crippen LogP contribution in [0.4, 0.5) is 11.4 Å². The molecule has 5 nitrogen and oxygen atoms in total. The lowest BCUT2D eigenvalue weighted by Crippen LogP contribution is -2.47. The Hall–Kier alpha value is -1.89. The molecule has 1 aromatic carbocycles. The molecule has 6 heteroatoms. The zero-order valence-corrected chi connectivity index (χ0v) is 15.8. The van der Waals surface area contributed by atoms with Crippen molar-refractivity contribution in [3.05, 3.63) is 46.7 Å². The van der Waals surface area contributed by atoms with E-state index in [9.17, 15) is 4.79 Å². The van der Waals surface area contributed by atoms with Gasteiger partial charge in [-0.1, -0.05) is 18.2 Å². The van der Waals surface area contributed by atoms with Crippen molar-refractivity contribution in [3.8, 4) is 0 Å². The number of hydrogen-bond donors (Lipinski definition) is 0. The van der Waals surface area contributed by atoms with Crippen molar-refractivity contribution in [1.29, 1.82) is 0 Å². The van der Waals surface area contributed by atoms with E-state index in [2.05, 4.69) is 28.0 Å². The van der Waals surface area contributed by atoms with E-state index < -0.39 is 0 Å². The van der Waals surface area contributed by atoms with Crippen molar-refractivity contribution in [2.75, 3.05) is 62.3 Å². The average Bonchev–Trinajstić information content (AvgIpc) is 3.20. The number of ether oxygens (including phenoxy) is 1. The molecule has 0 spiro atoms. The molecule has 26 heavy (non-hydrogen) atoms. The van der Waals surface area contributed by atoms with E-state index in [1.807, 2.05) is 28.5 Å². The van der Waals surface area contributed by atoms with Crippen LogP contribution in [0, 0.1) is 0 Å². The summed E-state index contributed by atoms with van der Waals surface area (Å²) in [7, 11) is 0. The Morgan fingerprint density at radius 2 is 1.77 bits per heavy atom. The van der Waals surface area contributed by atoms with E-state index in [1.165, 1.54) is 5.69 Å². The summed E-state index contributed by atoms with van der Waals surface area (Å²) >= 11 is 1.65. The summed E-state index contributed by atoms with van der Waals surface area (Å²) in [6, 6.07) is 12.3. The third-order valence-corrected chi connectivity index (χ3v) is 5.98. The normalized spacial score (nSPS) is 18.0. The molecule has 0 bridgehead atoms. The molecule has 3 heterocycles. The Bertz CT molecular complexity index is 728. The number of para-hydroxylation sites is 2. The van der Waals surface area contributed by atoms with Crippen LogP contribution in [-0.2, 0) is 16.0 Å². The van der Waals surface area contributed by atoms with Crippen LogP contribution in [0.1, 0.15) is 4.88 Å². The lowest BCUT2D eigenvalue weighted by atomic mass is 10.1. The monoisotopic (exact) mass is 371 g/mol. The molecule has 4 rings (SSSR count). The van der Waals surface area contributed by atoms with Crippen LogP contribution in [0.5, 0.6) is 0 Å². The molecular weight excluding hydrogens is 346 g/mol. The Morgan fingerprint density at radius 1 is 0.962 bits per heavy atom. The van der Waals surface area contributed by atoms with Crippen LogP contribution in [0.15, 0.2) is 41.8 Å². The molecule has 1 fully saturated rings. The van der Waals surface area contributed by atoms with Gasteiger partial charge < -0.3 is 14.5 Å². The number of thiophene rings is 1. The van der Waals surface area contributed by atoms with Crippen molar-refractivity contribution < 1.29 is 9.53 Å². The van der Waals surface area contributed by atoms with Gasteiger partial charge in [-0.05, 0) is 23.6 Å². The highest BCUT2D eigenvalue weighted by molar-refractivity contribution is 7.10. The number of morpholine rings is 1. The summed E-state index contributed by atoms with van der Waals surface area (Å²) in [5.41, 5.74) is 2.22. The van der Waals surface area contributed by atoms with E-state index in [4.69, 9.17) is 4.74 Å². The fraction of sp³-hybridized carbons (Fsp3) is 0.450. The number of hydrogen-bond acceptors (Lipinski definition) is 5. The Morgan fingerprint density at radius 3 is 2.54 bits per heavy atom. The quantitative estimate of drug-likeness (QED) is 0.809. The van der Waals surface area contributed by atoms with Crippen molar-refractivity contribution in [1.82, 2.24) is 4.90 Å². The van der Waals surface area contributed by atoms with Crippen LogP contribution in [0.25, 0.3) is 0 Å². The summed E-state index contributed by atoms with van der Waals surface area (Å²) < 4.78 is 5.43. The third kappa shape index (κ3) is 3.92. The maximum absolute atomic E-state index is 12.8. The summed E-state index contributed by atoms with van der Waals surface area (Å²) in [5, 5.41) is 2.03. The molecule has 2 aromatic rings. The Labute approximate surface area is 158 Å². The van der Waals surface area contributed by atoms with E-state index in [0.29, 0.717) is 6.42 Å². The lowest BCUT2D eigenvalue weighted by Gasteiger charge is -2.39. The van der Waals surface area contributed by atoms with Crippen LogP contribution >= 0.6 is 11.3 Å². The second-order valence-corrected chi connectivity index (χ2v) is 7.76. The molecule has 138 valence electrons. The van der Waals surface area contributed by atoms with Gasteiger partial charge in [0.2, 0.25) is 5.91 Å². The standard InChI is InChI=1S/C20H25N3O2S/c24-20(16-17-4-3-15-26-17)23-10-9-22(18-5-1-2-6-19(18)23)8-7-21-11-13-25-14-12-21/h1-6,15H,7-14,16H2. The summed E-state index contributed by atoms with van der Waals surface area (Å²) in [6.45, 7) is 7.37. The Kier molecular flexibility index (Phi) is 5.53. The number of carbonyl (C=O) groups is 1. The van der Waals surface area contributed by atoms with Gasteiger partial charge in [0.1, 0.15) is 0 Å². The van der Waals surface area contributed by atoms with Crippen molar-refractivity contribution in [2.45, 2.75) is 6.42 Å². The highest BCUT2D eigenvalue weighted by atomic mass is 32.1. The van der Waals surface area contributed by atoms with Crippen molar-refractivity contribution >= 4 is 28.6 Å². The number of fused-ring (bicyclic) bond motifs is 1. The maximum atomic E-state index is 12.8. The van der Waals surface area contributed by atoms with Gasteiger partial charge in [0.15, 0.2) is 0 Å². The molecule has 0 aliphatic carbocycles. The van der Waals surface area contributed by atoms with Gasteiger partial charge in [0.05, 0.1) is 31.0 Å². The van der Waals surface area contributed by atoms with Gasteiger partial charge in [-0.2, -0.15) is 0 Å². The molecule has 2 aliphatic heterocycles. The number of benzene rings is 1. The largest absolute Gasteiger partial charge is 0.379 e. The number of amides is 1. The molecule has 1 amide bonds. The smallest absolute Gasteiger partial charge is 0.232 e. The minimum absolute atomic E-state index is 0.188. The second-order valence-electron chi connectivity index (χ2n) is 6.73. The third-order valence-electron chi connectivity index (χ3n) is 5.10. The van der Waals surface area contributed by atoms with Crippen LogP contribution < -0.4 is 9.80 Å². The topological polar surface area (TPSA) is 36.0 Å². The molecule has 2 aliphatic rings. The van der Waals surface area contributed by atoms with E-state index in [1.54, 1.807) is 11.3 Å². The van der Waals surface area contributed by atoms with Gasteiger partial charge in [-0.15, -0.1) is 11.3 Å². The van der Waals surface area contributed by atoms with Crippen molar-refractivity contribution in [2.24, 2.45) is 0 Å². The van der Waals surface area contributed by atoms with Gasteiger partial charge in [-0.25, -0.2) is 0 Å². The first-order chi connectivity index (χ1) is 12.8. The van der Waals surface area contributed by atoms with E-state index >= 15 is 0 Å². The van der Waals surface area contributed by atoms with Crippen LogP contribution in [0.2, 0.25) is 0 Å². The molecule has 0 N–H and O–H groups in total. The van der Waals surface area contributed by atoms with Crippen molar-refractivity contribution in [3.63, 3.8) is 0 Å². The van der Waals surface area contributed by atoms with Gasteiger partial charge in [-0.3, -0.25) is 9.69 Å². The average molecular weight is 372 g/mol. The second kappa shape index (κ2) is 8.20. The van der Waals surface area contributed by atoms with Gasteiger partial charge in [0, 0.05) is 44.1 Å². The first-order valence-corrected chi connectivity index (χ1v) is 10.2. The predicted molar refractivity (Wildman–Crippen MR) is 106 cm³/mol. The zero-order valence-electron chi connectivity index (χ0n) is 15.0. The summed E-state index contributed by atoms with van der Waals surface area (Å²) in [4.78, 5) is 20.8. The van der Waals surface area contributed by atoms with Gasteiger partial charge >= 0.3 is 0 Å². The molecule has 0 saturated carbocycles. The van der Waals surface area contributed by atoms with Crippen LogP contribution in [0.3, 0.4) is 0 Å². The van der Waals surface area contributed by atoms with E-state index in [0.717, 1.165) is 63.0 Å². The predicted octanol–water partition coefficient (Wildman–Crippen LogP) is 2.48. The molecular formula is C20H25N3O2S. The first-order valence-electron chi connectivity index (χ1n) is 9.28. The fourth-order valence-corrected chi connectivity index (χ4v) is 4.35. The van der Waals surface area contributed by atoms with E-state index in [-0.39, 0.29) is 5.91 Å². The van der Waals surface area contributed by atoms with Gasteiger partial charge in [0.25, 0.3) is 0 Å². The summed E-state index contributed by atoms with van der Waals surface area (Å²) in [5.74, 6) is 0.188. The molecule has 1 aromatic heterocycles. The fourth-order valence-electron chi connectivity index (χ4n) is 3.66. The summed E-state index contributed by atoms with van der Waals surface area (Å²) in [6.07, 6.45) is 0.486. The molecule has 0 atom stereocenters. The highest BCUT2D eigenvalue weighted by Gasteiger charge is 2.27. The SMILES string of the molecule is O=C(Cc1cccs1)N1CCN(CCN2CCOCC2)c2ccccc21. The zero-order chi connectivity index (χ0) is 17.8. The minimum Gasteiger partial charge on any atom is -0.379 e. The molecule has 1 saturated heterocycles. The lowest BCUT2D eigenvalue weighted by molar-refractivity contribution is -0.117. The Balaban J connectivity index is 1.45. The number of rotatable bonds is 5. The highest BCUT2D eigenvalue weighted by Crippen LogP contribution is 2.33. The number of anilines is 2. The van der Waals surface area contributed by atoms with Crippen LogP contribution in [-0.4, -0.2) is 63.3 Å². The number of nitrogens with zero attached hydrogens (tertiary/aromatic N) is 3. The maximum Gasteiger partial charge on any atom is 0.232 e. The first kappa shape index (κ1) is 17.5. The molecule has 0 unspecified atom stereocenters.